The van der Waals surface area contributed by atoms with E-state index in [2.05, 4.69) is 25.8 Å². The van der Waals surface area contributed by atoms with Crippen molar-refractivity contribution < 1.29 is 0 Å². The summed E-state index contributed by atoms with van der Waals surface area (Å²) in [6.07, 6.45) is 4.90. The number of hydrazone groups is 1. The Labute approximate surface area is 123 Å². The fraction of sp³-hybridized carbons (Fsp3) is 0.143. The molecule has 0 aliphatic heterocycles. The van der Waals surface area contributed by atoms with Crippen molar-refractivity contribution in [1.29, 1.82) is 0 Å². The van der Waals surface area contributed by atoms with Gasteiger partial charge in [0.05, 0.1) is 11.9 Å². The van der Waals surface area contributed by atoms with Crippen LogP contribution in [0.15, 0.2) is 54.0 Å². The normalized spacial score (nSPS) is 10.9. The van der Waals surface area contributed by atoms with Crippen molar-refractivity contribution in [2.24, 2.45) is 5.10 Å². The number of hydrogen-bond donors (Lipinski definition) is 2. The molecule has 0 aliphatic rings. The van der Waals surface area contributed by atoms with Crippen molar-refractivity contribution in [2.45, 2.75) is 13.5 Å². The molecule has 0 saturated heterocycles. The smallest absolute Gasteiger partial charge is 0.187 e. The maximum Gasteiger partial charge on any atom is 0.187 e. The first-order valence-corrected chi connectivity index (χ1v) is 6.55. The summed E-state index contributed by atoms with van der Waals surface area (Å²) in [6.45, 7) is 2.50. The number of aromatic nitrogens is 2. The first-order valence-electron chi connectivity index (χ1n) is 6.14. The first-order chi connectivity index (χ1) is 9.75. The molecule has 0 bridgehead atoms. The van der Waals surface area contributed by atoms with Crippen LogP contribution in [0.1, 0.15) is 18.2 Å². The molecule has 0 aliphatic carbocycles. The zero-order chi connectivity index (χ0) is 14.2. The van der Waals surface area contributed by atoms with Crippen molar-refractivity contribution in [1.82, 2.24) is 20.7 Å². The van der Waals surface area contributed by atoms with E-state index >= 15 is 0 Å². The van der Waals surface area contributed by atoms with E-state index in [1.54, 1.807) is 18.6 Å². The Morgan fingerprint density at radius 1 is 1.25 bits per heavy atom. The fourth-order valence-electron chi connectivity index (χ4n) is 1.50. The summed E-state index contributed by atoms with van der Waals surface area (Å²) in [6, 6.07) is 10.0. The molecule has 0 radical (unpaired) electrons. The molecule has 0 unspecified atom stereocenters. The Hall–Kier alpha value is -2.34. The van der Waals surface area contributed by atoms with Crippen molar-refractivity contribution >= 4 is 23.0 Å². The Morgan fingerprint density at radius 2 is 2.05 bits per heavy atom. The van der Waals surface area contributed by atoms with E-state index < -0.39 is 0 Å². The second-order valence-corrected chi connectivity index (χ2v) is 4.48. The molecule has 1 heterocycles. The summed E-state index contributed by atoms with van der Waals surface area (Å²) in [5.41, 5.74) is 5.39. The molecule has 0 spiro atoms. The molecule has 0 amide bonds. The maximum atomic E-state index is 5.16. The number of rotatable bonds is 4. The third-order valence-electron chi connectivity index (χ3n) is 2.55. The average Bonchev–Trinajstić information content (AvgIpc) is 2.52. The number of nitrogens with one attached hydrogen (secondary N) is 2. The second-order valence-electron chi connectivity index (χ2n) is 4.07. The third-order valence-corrected chi connectivity index (χ3v) is 2.79. The Kier molecular flexibility index (Phi) is 5.14. The molecule has 1 aromatic carbocycles. The van der Waals surface area contributed by atoms with Gasteiger partial charge in [0.15, 0.2) is 5.11 Å². The maximum absolute atomic E-state index is 5.16. The van der Waals surface area contributed by atoms with Crippen LogP contribution in [0.5, 0.6) is 0 Å². The van der Waals surface area contributed by atoms with Gasteiger partial charge in [-0.15, -0.1) is 0 Å². The van der Waals surface area contributed by atoms with Crippen molar-refractivity contribution in [3.05, 3.63) is 60.2 Å². The van der Waals surface area contributed by atoms with Gasteiger partial charge in [-0.2, -0.15) is 5.10 Å². The molecule has 2 N–H and O–H groups in total. The Balaban J connectivity index is 1.83. The van der Waals surface area contributed by atoms with Crippen LogP contribution in [-0.4, -0.2) is 20.8 Å². The minimum atomic E-state index is 0.470. The summed E-state index contributed by atoms with van der Waals surface area (Å²) in [5, 5.41) is 7.72. The van der Waals surface area contributed by atoms with Crippen LogP contribution >= 0.6 is 12.2 Å². The SMILES string of the molecule is C/C(=N\NC(=S)NCc1ccccc1)c1cnccn1. The summed E-state index contributed by atoms with van der Waals surface area (Å²) in [5.74, 6) is 0. The van der Waals surface area contributed by atoms with Crippen LogP contribution in [0, 0.1) is 0 Å². The number of thiocarbonyl (C=S) groups is 1. The quantitative estimate of drug-likeness (QED) is 0.510. The molecule has 1 aromatic heterocycles. The van der Waals surface area contributed by atoms with Gasteiger partial charge in [0.2, 0.25) is 0 Å². The Morgan fingerprint density at radius 3 is 2.75 bits per heavy atom. The summed E-state index contributed by atoms with van der Waals surface area (Å²) >= 11 is 5.16. The second kappa shape index (κ2) is 7.30. The standard InChI is InChI=1S/C14H15N5S/c1-11(13-10-15-7-8-16-13)18-19-14(20)17-9-12-5-3-2-4-6-12/h2-8,10H,9H2,1H3,(H2,17,19,20)/b18-11+. The number of benzene rings is 1. The van der Waals surface area contributed by atoms with Crippen molar-refractivity contribution in [3.8, 4) is 0 Å². The van der Waals surface area contributed by atoms with Gasteiger partial charge in [-0.05, 0) is 24.7 Å². The third kappa shape index (κ3) is 4.40. The van der Waals surface area contributed by atoms with E-state index in [9.17, 15) is 0 Å². The molecular formula is C14H15N5S. The van der Waals surface area contributed by atoms with Gasteiger partial charge in [0.1, 0.15) is 5.69 Å². The van der Waals surface area contributed by atoms with E-state index in [1.165, 1.54) is 0 Å². The summed E-state index contributed by atoms with van der Waals surface area (Å²) < 4.78 is 0. The highest BCUT2D eigenvalue weighted by molar-refractivity contribution is 7.80. The lowest BCUT2D eigenvalue weighted by Gasteiger charge is -2.07. The minimum Gasteiger partial charge on any atom is -0.357 e. The van der Waals surface area contributed by atoms with Crippen LogP contribution in [0.3, 0.4) is 0 Å². The zero-order valence-electron chi connectivity index (χ0n) is 11.1. The lowest BCUT2D eigenvalue weighted by molar-refractivity contribution is 0.866. The fourth-order valence-corrected chi connectivity index (χ4v) is 1.61. The average molecular weight is 285 g/mol. The lowest BCUT2D eigenvalue weighted by Crippen LogP contribution is -2.32. The molecule has 0 saturated carbocycles. The predicted molar refractivity (Wildman–Crippen MR) is 83.3 cm³/mol. The highest BCUT2D eigenvalue weighted by atomic mass is 32.1. The van der Waals surface area contributed by atoms with Gasteiger partial charge < -0.3 is 5.32 Å². The molecule has 2 rings (SSSR count). The van der Waals surface area contributed by atoms with Crippen molar-refractivity contribution in [2.75, 3.05) is 0 Å². The van der Waals surface area contributed by atoms with Crippen LogP contribution in [0.4, 0.5) is 0 Å². The molecule has 5 nitrogen and oxygen atoms in total. The van der Waals surface area contributed by atoms with Gasteiger partial charge in [0, 0.05) is 18.9 Å². The molecule has 6 heteroatoms. The van der Waals surface area contributed by atoms with E-state index in [-0.39, 0.29) is 0 Å². The molecule has 102 valence electrons. The zero-order valence-corrected chi connectivity index (χ0v) is 11.9. The van der Waals surface area contributed by atoms with Gasteiger partial charge in [-0.25, -0.2) is 0 Å². The molecule has 0 atom stereocenters. The topological polar surface area (TPSA) is 62.2 Å². The van der Waals surface area contributed by atoms with Crippen LogP contribution in [-0.2, 0) is 6.54 Å². The van der Waals surface area contributed by atoms with Gasteiger partial charge in [0.25, 0.3) is 0 Å². The van der Waals surface area contributed by atoms with Gasteiger partial charge >= 0.3 is 0 Å². The highest BCUT2D eigenvalue weighted by Crippen LogP contribution is 1.97. The van der Waals surface area contributed by atoms with Crippen LogP contribution in [0.25, 0.3) is 0 Å². The Bertz CT molecular complexity index is 583. The van der Waals surface area contributed by atoms with Gasteiger partial charge in [-0.3, -0.25) is 15.4 Å². The largest absolute Gasteiger partial charge is 0.357 e. The number of hydrogen-bond acceptors (Lipinski definition) is 4. The summed E-state index contributed by atoms with van der Waals surface area (Å²) in [7, 11) is 0. The van der Waals surface area contributed by atoms with E-state index in [0.717, 1.165) is 11.3 Å². The summed E-state index contributed by atoms with van der Waals surface area (Å²) in [4.78, 5) is 8.14. The number of nitrogens with zero attached hydrogens (tertiary/aromatic N) is 3. The minimum absolute atomic E-state index is 0.470. The van der Waals surface area contributed by atoms with E-state index in [4.69, 9.17) is 12.2 Å². The molecule has 20 heavy (non-hydrogen) atoms. The predicted octanol–water partition coefficient (Wildman–Crippen LogP) is 1.86. The van der Waals surface area contributed by atoms with Gasteiger partial charge in [-0.1, -0.05) is 30.3 Å². The molecular weight excluding hydrogens is 270 g/mol. The first kappa shape index (κ1) is 14.1. The van der Waals surface area contributed by atoms with Crippen LogP contribution < -0.4 is 10.7 Å². The van der Waals surface area contributed by atoms with E-state index in [1.807, 2.05) is 37.3 Å². The monoisotopic (exact) mass is 285 g/mol. The van der Waals surface area contributed by atoms with E-state index in [0.29, 0.717) is 17.4 Å². The van der Waals surface area contributed by atoms with Crippen molar-refractivity contribution in [3.63, 3.8) is 0 Å². The van der Waals surface area contributed by atoms with Crippen LogP contribution in [0.2, 0.25) is 0 Å². The molecule has 0 fully saturated rings. The lowest BCUT2D eigenvalue weighted by atomic mass is 10.2. The highest BCUT2D eigenvalue weighted by Gasteiger charge is 1.99. The molecule has 2 aromatic rings.